The highest BCUT2D eigenvalue weighted by atomic mass is 32.2. The highest BCUT2D eigenvalue weighted by Gasteiger charge is 2.27. The summed E-state index contributed by atoms with van der Waals surface area (Å²) in [7, 11) is -4.01. The number of sulfonamides is 1. The van der Waals surface area contributed by atoms with Crippen LogP contribution >= 0.6 is 0 Å². The van der Waals surface area contributed by atoms with Crippen LogP contribution in [-0.2, 0) is 10.0 Å². The maximum atomic E-state index is 13.2. The Morgan fingerprint density at radius 2 is 1.78 bits per heavy atom. The maximum Gasteiger partial charge on any atom is 0.312 e. The lowest BCUT2D eigenvalue weighted by Gasteiger charge is -2.23. The number of anilines is 1. The van der Waals surface area contributed by atoms with Gasteiger partial charge in [-0.25, -0.2) is 8.42 Å². The van der Waals surface area contributed by atoms with Crippen LogP contribution in [0.15, 0.2) is 90.0 Å². The van der Waals surface area contributed by atoms with Crippen molar-refractivity contribution in [2.24, 2.45) is 0 Å². The van der Waals surface area contributed by atoms with E-state index < -0.39 is 20.6 Å². The van der Waals surface area contributed by atoms with Gasteiger partial charge in [0.2, 0.25) is 5.75 Å². The van der Waals surface area contributed by atoms with Crippen LogP contribution in [0.5, 0.6) is 11.5 Å². The molecule has 0 spiro atoms. The van der Waals surface area contributed by atoms with E-state index in [-0.39, 0.29) is 17.2 Å². The SMILES string of the molecule is CCN(c1ccccc1)S(=O)(=O)c1ccc(Oc2ccc3ncccc3c2)c([N+](=O)[O-])c1. The number of nitro benzene ring substituents is 1. The van der Waals surface area contributed by atoms with Gasteiger partial charge in [0.1, 0.15) is 5.75 Å². The average molecular weight is 449 g/mol. The number of pyridine rings is 1. The van der Waals surface area contributed by atoms with Crippen LogP contribution in [0.3, 0.4) is 0 Å². The number of hydrogen-bond acceptors (Lipinski definition) is 6. The van der Waals surface area contributed by atoms with E-state index in [2.05, 4.69) is 4.98 Å². The molecule has 1 heterocycles. The molecule has 0 bridgehead atoms. The summed E-state index contributed by atoms with van der Waals surface area (Å²) in [4.78, 5) is 15.1. The number of aromatic nitrogens is 1. The van der Waals surface area contributed by atoms with Crippen molar-refractivity contribution in [3.05, 3.63) is 95.2 Å². The molecule has 0 saturated heterocycles. The molecule has 4 rings (SSSR count). The van der Waals surface area contributed by atoms with Crippen molar-refractivity contribution in [2.75, 3.05) is 10.8 Å². The number of para-hydroxylation sites is 1. The summed E-state index contributed by atoms with van der Waals surface area (Å²) in [6, 6.07) is 21.0. The molecule has 32 heavy (non-hydrogen) atoms. The van der Waals surface area contributed by atoms with Gasteiger partial charge in [0.25, 0.3) is 10.0 Å². The highest BCUT2D eigenvalue weighted by molar-refractivity contribution is 7.92. The van der Waals surface area contributed by atoms with Crippen molar-refractivity contribution in [2.45, 2.75) is 11.8 Å². The Bertz CT molecular complexity index is 1390. The Kier molecular flexibility index (Phi) is 5.74. The molecule has 0 fully saturated rings. The number of nitrogens with zero attached hydrogens (tertiary/aromatic N) is 3. The predicted octanol–water partition coefficient (Wildman–Crippen LogP) is 5.15. The van der Waals surface area contributed by atoms with Gasteiger partial charge in [-0.2, -0.15) is 0 Å². The van der Waals surface area contributed by atoms with Gasteiger partial charge in [0.15, 0.2) is 0 Å². The second kappa shape index (κ2) is 8.64. The monoisotopic (exact) mass is 449 g/mol. The molecular formula is C23H19N3O5S. The summed E-state index contributed by atoms with van der Waals surface area (Å²) in [6.45, 7) is 1.87. The smallest absolute Gasteiger partial charge is 0.312 e. The fourth-order valence-electron chi connectivity index (χ4n) is 3.34. The summed E-state index contributed by atoms with van der Waals surface area (Å²) in [6.07, 6.45) is 1.67. The van der Waals surface area contributed by atoms with Crippen LogP contribution < -0.4 is 9.04 Å². The zero-order chi connectivity index (χ0) is 22.7. The van der Waals surface area contributed by atoms with Crippen LogP contribution in [-0.4, -0.2) is 24.9 Å². The fourth-order valence-corrected chi connectivity index (χ4v) is 4.84. The molecule has 1 aromatic heterocycles. The second-order valence-corrected chi connectivity index (χ2v) is 8.71. The summed E-state index contributed by atoms with van der Waals surface area (Å²) in [5.74, 6) is 0.323. The minimum Gasteiger partial charge on any atom is -0.450 e. The van der Waals surface area contributed by atoms with Crippen LogP contribution in [0.4, 0.5) is 11.4 Å². The molecular weight excluding hydrogens is 430 g/mol. The lowest BCUT2D eigenvalue weighted by molar-refractivity contribution is -0.385. The Hall–Kier alpha value is -3.98. The molecule has 0 radical (unpaired) electrons. The molecule has 8 nitrogen and oxygen atoms in total. The third-order valence-corrected chi connectivity index (χ3v) is 6.75. The summed E-state index contributed by atoms with van der Waals surface area (Å²) >= 11 is 0. The van der Waals surface area contributed by atoms with Gasteiger partial charge in [-0.3, -0.25) is 19.4 Å². The molecule has 0 aliphatic heterocycles. The molecule has 0 aliphatic rings. The number of ether oxygens (including phenoxy) is 1. The number of fused-ring (bicyclic) bond motifs is 1. The fraction of sp³-hybridized carbons (Fsp3) is 0.0870. The van der Waals surface area contributed by atoms with Gasteiger partial charge >= 0.3 is 5.69 Å². The van der Waals surface area contributed by atoms with Gasteiger partial charge in [-0.05, 0) is 55.5 Å². The molecule has 4 aromatic rings. The van der Waals surface area contributed by atoms with E-state index in [0.717, 1.165) is 17.0 Å². The molecule has 0 saturated carbocycles. The van der Waals surface area contributed by atoms with Gasteiger partial charge < -0.3 is 4.74 Å². The van der Waals surface area contributed by atoms with Crippen molar-refractivity contribution in [3.63, 3.8) is 0 Å². The molecule has 0 unspecified atom stereocenters. The quantitative estimate of drug-likeness (QED) is 0.286. The first kappa shape index (κ1) is 21.3. The lowest BCUT2D eigenvalue weighted by atomic mass is 10.2. The molecule has 0 amide bonds. The second-order valence-electron chi connectivity index (χ2n) is 6.85. The summed E-state index contributed by atoms with van der Waals surface area (Å²) in [5.41, 5.74) is 0.792. The zero-order valence-corrected chi connectivity index (χ0v) is 17.9. The third kappa shape index (κ3) is 4.10. The first-order valence-electron chi connectivity index (χ1n) is 9.79. The topological polar surface area (TPSA) is 103 Å². The highest BCUT2D eigenvalue weighted by Crippen LogP contribution is 2.35. The number of rotatable bonds is 7. The molecule has 3 aromatic carbocycles. The normalized spacial score (nSPS) is 11.3. The van der Waals surface area contributed by atoms with Crippen LogP contribution in [0.25, 0.3) is 10.9 Å². The standard InChI is InChI=1S/C23H19N3O5S/c1-2-25(18-8-4-3-5-9-18)32(29,30)20-11-13-23(22(16-20)26(27)28)31-19-10-12-21-17(15-19)7-6-14-24-21/h3-16H,2H2,1H3. The van der Waals surface area contributed by atoms with E-state index in [4.69, 9.17) is 4.74 Å². The van der Waals surface area contributed by atoms with Crippen LogP contribution in [0, 0.1) is 10.1 Å². The first-order chi connectivity index (χ1) is 15.4. The Morgan fingerprint density at radius 3 is 2.50 bits per heavy atom. The van der Waals surface area contributed by atoms with E-state index in [1.807, 2.05) is 6.07 Å². The minimum atomic E-state index is -4.01. The molecule has 0 atom stereocenters. The largest absolute Gasteiger partial charge is 0.450 e. The van der Waals surface area contributed by atoms with E-state index in [1.54, 1.807) is 67.7 Å². The van der Waals surface area contributed by atoms with Crippen molar-refractivity contribution in [1.82, 2.24) is 4.98 Å². The van der Waals surface area contributed by atoms with Crippen molar-refractivity contribution >= 4 is 32.3 Å². The summed E-state index contributed by atoms with van der Waals surface area (Å²) in [5, 5.41) is 12.5. The van der Waals surface area contributed by atoms with Crippen molar-refractivity contribution < 1.29 is 18.1 Å². The van der Waals surface area contributed by atoms with E-state index >= 15 is 0 Å². The van der Waals surface area contributed by atoms with E-state index in [9.17, 15) is 18.5 Å². The lowest BCUT2D eigenvalue weighted by Crippen LogP contribution is -2.30. The predicted molar refractivity (Wildman–Crippen MR) is 122 cm³/mol. The van der Waals surface area contributed by atoms with E-state index in [0.29, 0.717) is 11.4 Å². The van der Waals surface area contributed by atoms with Gasteiger partial charge in [0.05, 0.1) is 21.0 Å². The zero-order valence-electron chi connectivity index (χ0n) is 17.1. The van der Waals surface area contributed by atoms with Crippen LogP contribution in [0.2, 0.25) is 0 Å². The first-order valence-corrected chi connectivity index (χ1v) is 11.2. The molecule has 0 aliphatic carbocycles. The minimum absolute atomic E-state index is 0.0556. The maximum absolute atomic E-state index is 13.2. The van der Waals surface area contributed by atoms with Crippen molar-refractivity contribution in [1.29, 1.82) is 0 Å². The molecule has 162 valence electrons. The van der Waals surface area contributed by atoms with Gasteiger partial charge in [0, 0.05) is 24.2 Å². The molecule has 0 N–H and O–H groups in total. The van der Waals surface area contributed by atoms with Crippen LogP contribution in [0.1, 0.15) is 6.92 Å². The van der Waals surface area contributed by atoms with Crippen molar-refractivity contribution in [3.8, 4) is 11.5 Å². The number of benzene rings is 3. The number of hydrogen-bond donors (Lipinski definition) is 0. The van der Waals surface area contributed by atoms with Gasteiger partial charge in [-0.1, -0.05) is 24.3 Å². The average Bonchev–Trinajstić information content (AvgIpc) is 2.80. The summed E-state index contributed by atoms with van der Waals surface area (Å²) < 4.78 is 33.4. The number of nitro groups is 1. The Labute approximate surface area is 184 Å². The van der Waals surface area contributed by atoms with E-state index in [1.165, 1.54) is 16.4 Å². The Balaban J connectivity index is 1.71. The molecule has 9 heteroatoms. The van der Waals surface area contributed by atoms with Gasteiger partial charge in [-0.15, -0.1) is 0 Å². The Morgan fingerprint density at radius 1 is 1.00 bits per heavy atom. The third-order valence-electron chi connectivity index (χ3n) is 4.85.